The van der Waals surface area contributed by atoms with E-state index in [0.717, 1.165) is 5.56 Å². The normalized spacial score (nSPS) is 13.8. The second-order valence-corrected chi connectivity index (χ2v) is 6.73. The second-order valence-electron chi connectivity index (χ2n) is 6.73. The highest BCUT2D eigenvalue weighted by Gasteiger charge is 2.26. The number of benzene rings is 1. The number of carbonyl (C=O) groups is 2. The fourth-order valence-electron chi connectivity index (χ4n) is 3.16. The Balaban J connectivity index is 1.49. The van der Waals surface area contributed by atoms with Gasteiger partial charge in [0.1, 0.15) is 5.75 Å². The number of nitrogens with one attached hydrogen (secondary N) is 1. The fraction of sp³-hybridized carbons (Fsp3) is 0.250. The summed E-state index contributed by atoms with van der Waals surface area (Å²) in [7, 11) is 0. The first-order chi connectivity index (χ1) is 14.6. The van der Waals surface area contributed by atoms with Gasteiger partial charge in [0.05, 0.1) is 18.3 Å². The summed E-state index contributed by atoms with van der Waals surface area (Å²) in [6, 6.07) is 7.23. The lowest BCUT2D eigenvalue weighted by atomic mass is 10.2. The van der Waals surface area contributed by atoms with Gasteiger partial charge in [-0.25, -0.2) is 9.78 Å². The lowest BCUT2D eigenvalue weighted by molar-refractivity contribution is 0.0665. The predicted octanol–water partition coefficient (Wildman–Crippen LogP) is 1.26. The highest BCUT2D eigenvalue weighted by Crippen LogP contribution is 2.19. The molecule has 1 aliphatic heterocycles. The molecule has 1 fully saturated rings. The van der Waals surface area contributed by atoms with Crippen molar-refractivity contribution in [3.8, 4) is 11.6 Å². The van der Waals surface area contributed by atoms with Crippen LogP contribution in [0.5, 0.6) is 11.6 Å². The van der Waals surface area contributed by atoms with Crippen molar-refractivity contribution in [2.75, 3.05) is 26.2 Å². The fourth-order valence-corrected chi connectivity index (χ4v) is 3.16. The number of carboxylic acid groups (broad SMARTS) is 1. The van der Waals surface area contributed by atoms with Gasteiger partial charge in [-0.15, -0.1) is 0 Å². The molecule has 1 aliphatic rings. The average molecular weight is 408 g/mol. The van der Waals surface area contributed by atoms with Crippen LogP contribution in [0.25, 0.3) is 0 Å². The molecule has 0 radical (unpaired) electrons. The number of carboxylic acids is 1. The molecule has 154 valence electrons. The number of aromatic carboxylic acids is 1. The first kappa shape index (κ1) is 19.5. The predicted molar refractivity (Wildman–Crippen MR) is 106 cm³/mol. The van der Waals surface area contributed by atoms with Crippen LogP contribution in [0.4, 0.5) is 0 Å². The van der Waals surface area contributed by atoms with Gasteiger partial charge in [0.15, 0.2) is 5.69 Å². The maximum absolute atomic E-state index is 12.8. The summed E-state index contributed by atoms with van der Waals surface area (Å²) in [4.78, 5) is 34.0. The summed E-state index contributed by atoms with van der Waals surface area (Å²) in [5.74, 6) is -0.548. The quantitative estimate of drug-likeness (QED) is 0.625. The SMILES string of the molecule is O=C(O)c1nn(Cc2ccc(Oc3cnccn3)cc2)cc1C(=O)N1CCNCC1. The Morgan fingerprint density at radius 2 is 1.90 bits per heavy atom. The zero-order valence-electron chi connectivity index (χ0n) is 16.1. The van der Waals surface area contributed by atoms with Crippen molar-refractivity contribution in [2.24, 2.45) is 0 Å². The van der Waals surface area contributed by atoms with Crippen molar-refractivity contribution >= 4 is 11.9 Å². The molecule has 10 nitrogen and oxygen atoms in total. The summed E-state index contributed by atoms with van der Waals surface area (Å²) < 4.78 is 7.08. The smallest absolute Gasteiger partial charge is 0.357 e. The molecule has 0 unspecified atom stereocenters. The van der Waals surface area contributed by atoms with Crippen molar-refractivity contribution in [3.63, 3.8) is 0 Å². The van der Waals surface area contributed by atoms with Crippen LogP contribution >= 0.6 is 0 Å². The topological polar surface area (TPSA) is 122 Å². The van der Waals surface area contributed by atoms with Gasteiger partial charge in [0, 0.05) is 44.8 Å². The molecule has 2 N–H and O–H groups in total. The molecule has 4 rings (SSSR count). The summed E-state index contributed by atoms with van der Waals surface area (Å²) in [5.41, 5.74) is 0.746. The molecule has 1 amide bonds. The number of ether oxygens (including phenoxy) is 1. The van der Waals surface area contributed by atoms with E-state index >= 15 is 0 Å². The van der Waals surface area contributed by atoms with Crippen LogP contribution in [0.1, 0.15) is 26.4 Å². The summed E-state index contributed by atoms with van der Waals surface area (Å²) in [6.07, 6.45) is 6.12. The van der Waals surface area contributed by atoms with E-state index in [2.05, 4.69) is 20.4 Å². The van der Waals surface area contributed by atoms with Gasteiger partial charge in [-0.2, -0.15) is 5.10 Å². The molecule has 3 aromatic rings. The van der Waals surface area contributed by atoms with Crippen molar-refractivity contribution in [2.45, 2.75) is 6.54 Å². The standard InChI is InChI=1S/C20H20N6O4/c27-19(25-9-7-21-8-10-25)16-13-26(24-18(16)20(28)29)12-14-1-3-15(4-2-14)30-17-11-22-5-6-23-17/h1-6,11,13,21H,7-10,12H2,(H,28,29). The highest BCUT2D eigenvalue weighted by atomic mass is 16.5. The van der Waals surface area contributed by atoms with Crippen molar-refractivity contribution in [1.82, 2.24) is 30.0 Å². The molecule has 0 saturated carbocycles. The molecule has 0 spiro atoms. The maximum atomic E-state index is 12.8. The zero-order chi connectivity index (χ0) is 20.9. The van der Waals surface area contributed by atoms with E-state index in [0.29, 0.717) is 44.4 Å². The van der Waals surface area contributed by atoms with Crippen LogP contribution < -0.4 is 10.1 Å². The van der Waals surface area contributed by atoms with Gasteiger partial charge in [-0.05, 0) is 17.7 Å². The summed E-state index contributed by atoms with van der Waals surface area (Å²) >= 11 is 0. The van der Waals surface area contributed by atoms with E-state index < -0.39 is 5.97 Å². The van der Waals surface area contributed by atoms with Crippen LogP contribution in [0.3, 0.4) is 0 Å². The number of hydrogen-bond donors (Lipinski definition) is 2. The second kappa shape index (κ2) is 8.70. The van der Waals surface area contributed by atoms with Crippen molar-refractivity contribution in [1.29, 1.82) is 0 Å². The number of carbonyl (C=O) groups excluding carboxylic acids is 1. The number of rotatable bonds is 6. The van der Waals surface area contributed by atoms with Gasteiger partial charge in [0.25, 0.3) is 5.91 Å². The molecule has 0 aliphatic carbocycles. The van der Waals surface area contributed by atoms with Crippen molar-refractivity contribution in [3.05, 3.63) is 65.9 Å². The summed E-state index contributed by atoms with van der Waals surface area (Å²) in [5, 5.41) is 16.8. The monoisotopic (exact) mass is 408 g/mol. The Hall–Kier alpha value is -3.79. The molecule has 3 heterocycles. The minimum absolute atomic E-state index is 0.104. The number of nitrogens with zero attached hydrogens (tertiary/aromatic N) is 5. The lowest BCUT2D eigenvalue weighted by Crippen LogP contribution is -2.46. The third-order valence-corrected chi connectivity index (χ3v) is 4.63. The lowest BCUT2D eigenvalue weighted by Gasteiger charge is -2.27. The van der Waals surface area contributed by atoms with E-state index in [1.807, 2.05) is 12.1 Å². The Labute approximate surface area is 172 Å². The molecular weight excluding hydrogens is 388 g/mol. The molecule has 1 saturated heterocycles. The molecule has 0 bridgehead atoms. The Bertz CT molecular complexity index is 1030. The maximum Gasteiger partial charge on any atom is 0.357 e. The van der Waals surface area contributed by atoms with E-state index in [4.69, 9.17) is 4.74 Å². The number of aromatic nitrogens is 4. The molecule has 0 atom stereocenters. The van der Waals surface area contributed by atoms with E-state index in [-0.39, 0.29) is 17.2 Å². The Kier molecular flexibility index (Phi) is 5.66. The van der Waals surface area contributed by atoms with Gasteiger partial charge >= 0.3 is 5.97 Å². The van der Waals surface area contributed by atoms with Crippen LogP contribution in [0.2, 0.25) is 0 Å². The van der Waals surface area contributed by atoms with Gasteiger partial charge < -0.3 is 20.1 Å². The van der Waals surface area contributed by atoms with E-state index in [1.165, 1.54) is 17.1 Å². The van der Waals surface area contributed by atoms with Gasteiger partial charge in [0.2, 0.25) is 5.88 Å². The molecule has 10 heteroatoms. The number of hydrogen-bond acceptors (Lipinski definition) is 7. The Morgan fingerprint density at radius 1 is 1.13 bits per heavy atom. The highest BCUT2D eigenvalue weighted by molar-refractivity contribution is 6.03. The minimum atomic E-state index is -1.22. The zero-order valence-corrected chi connectivity index (χ0v) is 16.1. The van der Waals surface area contributed by atoms with Crippen LogP contribution in [0, 0.1) is 0 Å². The number of amides is 1. The minimum Gasteiger partial charge on any atom is -0.476 e. The molecule has 30 heavy (non-hydrogen) atoms. The molecule has 1 aromatic carbocycles. The van der Waals surface area contributed by atoms with Crippen molar-refractivity contribution < 1.29 is 19.4 Å². The van der Waals surface area contributed by atoms with Crippen LogP contribution in [-0.4, -0.2) is 67.8 Å². The van der Waals surface area contributed by atoms with Gasteiger partial charge in [-0.3, -0.25) is 14.5 Å². The van der Waals surface area contributed by atoms with E-state index in [1.54, 1.807) is 29.4 Å². The van der Waals surface area contributed by atoms with Crippen LogP contribution in [-0.2, 0) is 6.54 Å². The molecular formula is C20H20N6O4. The summed E-state index contributed by atoms with van der Waals surface area (Å²) in [6.45, 7) is 2.77. The largest absolute Gasteiger partial charge is 0.476 e. The third kappa shape index (κ3) is 4.44. The first-order valence-electron chi connectivity index (χ1n) is 9.44. The third-order valence-electron chi connectivity index (χ3n) is 4.63. The number of piperazine rings is 1. The van der Waals surface area contributed by atoms with Crippen LogP contribution in [0.15, 0.2) is 49.1 Å². The first-order valence-corrected chi connectivity index (χ1v) is 9.44. The van der Waals surface area contributed by atoms with E-state index in [9.17, 15) is 14.7 Å². The van der Waals surface area contributed by atoms with Gasteiger partial charge in [-0.1, -0.05) is 12.1 Å². The average Bonchev–Trinajstić information content (AvgIpc) is 3.20. The Morgan fingerprint density at radius 3 is 2.57 bits per heavy atom. The molecule has 2 aromatic heterocycles.